The van der Waals surface area contributed by atoms with E-state index in [1.807, 2.05) is 6.92 Å². The number of aromatic carboxylic acids is 1. The lowest BCUT2D eigenvalue weighted by molar-refractivity contribution is 0.0697. The van der Waals surface area contributed by atoms with Crippen LogP contribution in [0.2, 0.25) is 5.02 Å². The van der Waals surface area contributed by atoms with Gasteiger partial charge in [-0.3, -0.25) is 0 Å². The van der Waals surface area contributed by atoms with Crippen LogP contribution < -0.4 is 0 Å². The second-order valence-corrected chi connectivity index (χ2v) is 3.47. The second-order valence-electron chi connectivity index (χ2n) is 3.06. The number of furan rings is 1. The van der Waals surface area contributed by atoms with E-state index in [0.29, 0.717) is 10.6 Å². The third-order valence-corrected chi connectivity index (χ3v) is 2.35. The third-order valence-electron chi connectivity index (χ3n) is 2.07. The topological polar surface area (TPSA) is 50.4 Å². The molecule has 0 spiro atoms. The Morgan fingerprint density at radius 3 is 2.86 bits per heavy atom. The summed E-state index contributed by atoms with van der Waals surface area (Å²) in [4.78, 5) is 10.7. The summed E-state index contributed by atoms with van der Waals surface area (Å²) in [5.41, 5.74) is 1.59. The highest BCUT2D eigenvalue weighted by Gasteiger charge is 2.11. The average Bonchev–Trinajstić information content (AvgIpc) is 2.48. The Morgan fingerprint density at radius 2 is 2.21 bits per heavy atom. The molecule has 3 nitrogen and oxygen atoms in total. The number of fused-ring (bicyclic) bond motifs is 1. The normalized spacial score (nSPS) is 10.7. The highest BCUT2D eigenvalue weighted by atomic mass is 35.5. The van der Waals surface area contributed by atoms with Gasteiger partial charge >= 0.3 is 5.97 Å². The summed E-state index contributed by atoms with van der Waals surface area (Å²) >= 11 is 5.86. The van der Waals surface area contributed by atoms with Crippen LogP contribution in [-0.2, 0) is 0 Å². The maximum atomic E-state index is 10.7. The molecular formula is C10H7ClO3. The van der Waals surface area contributed by atoms with Crippen LogP contribution in [0.25, 0.3) is 11.0 Å². The van der Waals surface area contributed by atoms with Crippen molar-refractivity contribution in [1.82, 2.24) is 0 Å². The van der Waals surface area contributed by atoms with E-state index in [0.717, 1.165) is 10.9 Å². The number of carbonyl (C=O) groups is 1. The SMILES string of the molecule is Cc1coc2c(Cl)cc(C(=O)O)cc12. The number of benzene rings is 1. The average molecular weight is 211 g/mol. The minimum Gasteiger partial charge on any atom is -0.478 e. The van der Waals surface area contributed by atoms with Gasteiger partial charge in [-0.05, 0) is 24.6 Å². The van der Waals surface area contributed by atoms with Gasteiger partial charge in [-0.1, -0.05) is 11.6 Å². The zero-order chi connectivity index (χ0) is 10.3. The number of carboxylic acid groups (broad SMARTS) is 1. The summed E-state index contributed by atoms with van der Waals surface area (Å²) < 4.78 is 5.19. The Bertz CT molecular complexity index is 513. The van der Waals surface area contributed by atoms with E-state index in [1.54, 1.807) is 12.3 Å². The van der Waals surface area contributed by atoms with Crippen LogP contribution in [0.4, 0.5) is 0 Å². The van der Waals surface area contributed by atoms with Crippen molar-refractivity contribution in [3.8, 4) is 0 Å². The van der Waals surface area contributed by atoms with E-state index in [1.165, 1.54) is 6.07 Å². The molecule has 0 aliphatic rings. The van der Waals surface area contributed by atoms with Gasteiger partial charge in [-0.15, -0.1) is 0 Å². The Labute approximate surface area is 84.9 Å². The molecule has 14 heavy (non-hydrogen) atoms. The minimum atomic E-state index is -0.991. The fraction of sp³-hybridized carbons (Fsp3) is 0.100. The van der Waals surface area contributed by atoms with Crippen molar-refractivity contribution in [1.29, 1.82) is 0 Å². The Morgan fingerprint density at radius 1 is 1.50 bits per heavy atom. The van der Waals surface area contributed by atoms with Crippen molar-refractivity contribution < 1.29 is 14.3 Å². The predicted molar refractivity (Wildman–Crippen MR) is 52.9 cm³/mol. The number of rotatable bonds is 1. The van der Waals surface area contributed by atoms with E-state index >= 15 is 0 Å². The summed E-state index contributed by atoms with van der Waals surface area (Å²) in [5.74, 6) is -0.991. The number of hydrogen-bond acceptors (Lipinski definition) is 2. The molecule has 72 valence electrons. The van der Waals surface area contributed by atoms with Gasteiger partial charge in [0.1, 0.15) is 0 Å². The highest BCUT2D eigenvalue weighted by Crippen LogP contribution is 2.29. The minimum absolute atomic E-state index is 0.173. The van der Waals surface area contributed by atoms with Crippen LogP contribution in [-0.4, -0.2) is 11.1 Å². The van der Waals surface area contributed by atoms with E-state index in [9.17, 15) is 4.79 Å². The molecule has 0 radical (unpaired) electrons. The summed E-state index contributed by atoms with van der Waals surface area (Å²) in [6.45, 7) is 1.84. The lowest BCUT2D eigenvalue weighted by Gasteiger charge is -1.97. The van der Waals surface area contributed by atoms with Crippen LogP contribution >= 0.6 is 11.6 Å². The Balaban J connectivity index is 2.82. The molecule has 0 atom stereocenters. The monoisotopic (exact) mass is 210 g/mol. The Hall–Kier alpha value is -1.48. The van der Waals surface area contributed by atoms with E-state index in [2.05, 4.69) is 0 Å². The van der Waals surface area contributed by atoms with Gasteiger partial charge in [0.15, 0.2) is 5.58 Å². The molecule has 0 aliphatic carbocycles. The van der Waals surface area contributed by atoms with Crippen molar-refractivity contribution in [2.75, 3.05) is 0 Å². The van der Waals surface area contributed by atoms with Gasteiger partial charge in [0.25, 0.3) is 0 Å². The van der Waals surface area contributed by atoms with Crippen LogP contribution in [0, 0.1) is 6.92 Å². The molecule has 0 unspecified atom stereocenters. The molecule has 0 fully saturated rings. The maximum absolute atomic E-state index is 10.7. The lowest BCUT2D eigenvalue weighted by Crippen LogP contribution is -1.95. The third kappa shape index (κ3) is 1.26. The van der Waals surface area contributed by atoms with Crippen LogP contribution in [0.1, 0.15) is 15.9 Å². The van der Waals surface area contributed by atoms with E-state index in [-0.39, 0.29) is 5.56 Å². The number of halogens is 1. The predicted octanol–water partition coefficient (Wildman–Crippen LogP) is 3.09. The molecule has 2 aromatic rings. The molecule has 0 bridgehead atoms. The van der Waals surface area contributed by atoms with Gasteiger partial charge in [0.2, 0.25) is 0 Å². The second kappa shape index (κ2) is 3.03. The highest BCUT2D eigenvalue weighted by molar-refractivity contribution is 6.35. The van der Waals surface area contributed by atoms with Crippen molar-refractivity contribution >= 4 is 28.5 Å². The molecule has 2 rings (SSSR count). The maximum Gasteiger partial charge on any atom is 0.335 e. The zero-order valence-corrected chi connectivity index (χ0v) is 8.13. The molecule has 1 aromatic heterocycles. The summed E-state index contributed by atoms with van der Waals surface area (Å²) in [6.07, 6.45) is 1.56. The first-order valence-corrected chi connectivity index (χ1v) is 4.38. The van der Waals surface area contributed by atoms with Gasteiger partial charge < -0.3 is 9.52 Å². The van der Waals surface area contributed by atoms with Gasteiger partial charge in [-0.2, -0.15) is 0 Å². The standard InChI is InChI=1S/C10H7ClO3/c1-5-4-14-9-7(5)2-6(10(12)13)3-8(9)11/h2-4H,1H3,(H,12,13). The molecule has 1 heterocycles. The smallest absolute Gasteiger partial charge is 0.335 e. The van der Waals surface area contributed by atoms with E-state index < -0.39 is 5.97 Å². The van der Waals surface area contributed by atoms with Crippen LogP contribution in [0.3, 0.4) is 0 Å². The molecule has 0 saturated heterocycles. The summed E-state index contributed by atoms with van der Waals surface area (Å²) in [7, 11) is 0. The molecule has 0 saturated carbocycles. The van der Waals surface area contributed by atoms with Gasteiger partial charge in [0.05, 0.1) is 16.8 Å². The molecule has 4 heteroatoms. The van der Waals surface area contributed by atoms with Crippen molar-refractivity contribution in [2.24, 2.45) is 0 Å². The van der Waals surface area contributed by atoms with Crippen molar-refractivity contribution in [3.63, 3.8) is 0 Å². The molecule has 0 aliphatic heterocycles. The van der Waals surface area contributed by atoms with Gasteiger partial charge in [0, 0.05) is 5.39 Å². The largest absolute Gasteiger partial charge is 0.478 e. The number of aryl methyl sites for hydroxylation is 1. The summed E-state index contributed by atoms with van der Waals surface area (Å²) in [5, 5.41) is 9.88. The first-order valence-electron chi connectivity index (χ1n) is 4.00. The quantitative estimate of drug-likeness (QED) is 0.787. The Kier molecular flexibility index (Phi) is 1.97. The number of carboxylic acids is 1. The van der Waals surface area contributed by atoms with E-state index in [4.69, 9.17) is 21.1 Å². The van der Waals surface area contributed by atoms with Crippen LogP contribution in [0.15, 0.2) is 22.8 Å². The first-order chi connectivity index (χ1) is 6.59. The first kappa shape index (κ1) is 9.09. The fourth-order valence-electron chi connectivity index (χ4n) is 1.34. The number of hydrogen-bond donors (Lipinski definition) is 1. The molecule has 1 aromatic carbocycles. The van der Waals surface area contributed by atoms with Gasteiger partial charge in [-0.25, -0.2) is 4.79 Å². The lowest BCUT2D eigenvalue weighted by atomic mass is 10.1. The molecular weight excluding hydrogens is 204 g/mol. The van der Waals surface area contributed by atoms with Crippen molar-refractivity contribution in [2.45, 2.75) is 6.92 Å². The fourth-order valence-corrected chi connectivity index (χ4v) is 1.60. The molecule has 1 N–H and O–H groups in total. The van der Waals surface area contributed by atoms with Crippen LogP contribution in [0.5, 0.6) is 0 Å². The zero-order valence-electron chi connectivity index (χ0n) is 7.37. The van der Waals surface area contributed by atoms with Crippen molar-refractivity contribution in [3.05, 3.63) is 34.5 Å². The summed E-state index contributed by atoms with van der Waals surface area (Å²) in [6, 6.07) is 2.94. The molecule has 0 amide bonds.